The monoisotopic (exact) mass is 402 g/mol. The number of hydrogen-bond acceptors (Lipinski definition) is 8. The van der Waals surface area contributed by atoms with Gasteiger partial charge in [-0.1, -0.05) is 6.07 Å². The number of hydrogen-bond donors (Lipinski definition) is 2. The number of anilines is 1. The first-order valence-electron chi connectivity index (χ1n) is 10.3. The summed E-state index contributed by atoms with van der Waals surface area (Å²) in [7, 11) is 1.62. The molecule has 4 aromatic rings. The minimum atomic E-state index is 0.274. The van der Waals surface area contributed by atoms with Gasteiger partial charge in [0.1, 0.15) is 17.1 Å². The lowest BCUT2D eigenvalue weighted by Gasteiger charge is -2.32. The normalized spacial score (nSPS) is 20.8. The number of benzene rings is 1. The number of nitrogens with one attached hydrogen (secondary N) is 1. The third-order valence-electron chi connectivity index (χ3n) is 6.22. The molecule has 9 heteroatoms. The van der Waals surface area contributed by atoms with Crippen LogP contribution >= 0.6 is 0 Å². The zero-order chi connectivity index (χ0) is 20.2. The molecule has 152 valence electrons. The third kappa shape index (κ3) is 2.62. The van der Waals surface area contributed by atoms with Crippen molar-refractivity contribution >= 4 is 22.5 Å². The third-order valence-corrected chi connectivity index (χ3v) is 6.22. The Labute approximate surface area is 172 Å². The van der Waals surface area contributed by atoms with Crippen LogP contribution in [0.5, 0.6) is 5.75 Å². The molecule has 1 aromatic carbocycles. The molecule has 1 saturated carbocycles. The maximum atomic E-state index is 6.17. The van der Waals surface area contributed by atoms with E-state index in [4.69, 9.17) is 20.4 Å². The second-order valence-corrected chi connectivity index (χ2v) is 8.02. The summed E-state index contributed by atoms with van der Waals surface area (Å²) in [5.41, 5.74) is 9.99. The molecular formula is C21H22N8O. The zero-order valence-corrected chi connectivity index (χ0v) is 16.7. The molecule has 1 aliphatic heterocycles. The Balaban J connectivity index is 1.30. The molecule has 30 heavy (non-hydrogen) atoms. The van der Waals surface area contributed by atoms with E-state index in [1.54, 1.807) is 11.6 Å². The number of methoxy groups -OCH3 is 1. The summed E-state index contributed by atoms with van der Waals surface area (Å²) in [6.45, 7) is 1.85. The Morgan fingerprint density at radius 3 is 2.87 bits per heavy atom. The Morgan fingerprint density at radius 1 is 1.13 bits per heavy atom. The quantitative estimate of drug-likeness (QED) is 0.534. The summed E-state index contributed by atoms with van der Waals surface area (Å²) in [5.74, 6) is 3.37. The standard InChI is InChI=1S/C21H22N8O/c1-30-16-4-2-3-14-17(16)26-21(22)29-20(14)27-19(28-29)12-7-11(8-12)18-24-10-13-9-23-6-5-15(13)25-18/h2-4,10-12,23H,5-9H2,1H3,(H2,22,26)/t11-,12-. The number of fused-ring (bicyclic) bond motifs is 4. The minimum Gasteiger partial charge on any atom is -0.494 e. The Kier molecular flexibility index (Phi) is 3.85. The SMILES string of the molecule is COc1cccc2c1nc(N)n1nc([C@H]3C[C@H](c4ncc5c(n4)CCNC5)C3)nc21. The molecule has 0 bridgehead atoms. The molecule has 1 aliphatic carbocycles. The van der Waals surface area contributed by atoms with Crippen molar-refractivity contribution in [2.45, 2.75) is 37.6 Å². The first-order valence-corrected chi connectivity index (χ1v) is 10.3. The molecular weight excluding hydrogens is 380 g/mol. The molecule has 0 atom stereocenters. The van der Waals surface area contributed by atoms with E-state index >= 15 is 0 Å². The van der Waals surface area contributed by atoms with Gasteiger partial charge in [-0.15, -0.1) is 5.10 Å². The van der Waals surface area contributed by atoms with Crippen LogP contribution < -0.4 is 15.8 Å². The smallest absolute Gasteiger partial charge is 0.223 e. The predicted octanol–water partition coefficient (Wildman–Crippen LogP) is 1.97. The molecule has 0 unspecified atom stereocenters. The largest absolute Gasteiger partial charge is 0.494 e. The van der Waals surface area contributed by atoms with E-state index < -0.39 is 0 Å². The van der Waals surface area contributed by atoms with Crippen molar-refractivity contribution in [1.82, 2.24) is 34.9 Å². The molecule has 9 nitrogen and oxygen atoms in total. The average Bonchev–Trinajstić information content (AvgIpc) is 3.18. The van der Waals surface area contributed by atoms with Gasteiger partial charge >= 0.3 is 0 Å². The van der Waals surface area contributed by atoms with Gasteiger partial charge in [0.25, 0.3) is 0 Å². The lowest BCUT2D eigenvalue weighted by Crippen LogP contribution is -2.27. The van der Waals surface area contributed by atoms with Crippen LogP contribution in [0.4, 0.5) is 5.95 Å². The highest BCUT2D eigenvalue weighted by atomic mass is 16.5. The molecule has 0 spiro atoms. The van der Waals surface area contributed by atoms with E-state index in [9.17, 15) is 0 Å². The van der Waals surface area contributed by atoms with Crippen molar-refractivity contribution in [1.29, 1.82) is 0 Å². The number of nitrogen functional groups attached to an aromatic ring is 1. The molecule has 0 amide bonds. The van der Waals surface area contributed by atoms with Crippen LogP contribution in [0.1, 0.15) is 47.6 Å². The van der Waals surface area contributed by atoms with Crippen molar-refractivity contribution in [2.24, 2.45) is 0 Å². The van der Waals surface area contributed by atoms with Gasteiger partial charge in [-0.05, 0) is 25.0 Å². The van der Waals surface area contributed by atoms with Crippen molar-refractivity contribution < 1.29 is 4.74 Å². The van der Waals surface area contributed by atoms with Crippen LogP contribution in [0.25, 0.3) is 16.6 Å². The number of rotatable bonds is 3. The molecule has 4 heterocycles. The summed E-state index contributed by atoms with van der Waals surface area (Å²) in [4.78, 5) is 18.8. The summed E-state index contributed by atoms with van der Waals surface area (Å²) < 4.78 is 7.06. The molecule has 3 aromatic heterocycles. The molecule has 3 N–H and O–H groups in total. The minimum absolute atomic E-state index is 0.274. The van der Waals surface area contributed by atoms with Crippen LogP contribution in [0.15, 0.2) is 24.4 Å². The number of aromatic nitrogens is 6. The second-order valence-electron chi connectivity index (χ2n) is 8.02. The summed E-state index contributed by atoms with van der Waals surface area (Å²) >= 11 is 0. The fourth-order valence-corrected chi connectivity index (χ4v) is 4.47. The Bertz CT molecular complexity index is 1280. The number of ether oxygens (including phenoxy) is 1. The van der Waals surface area contributed by atoms with Gasteiger partial charge in [0, 0.05) is 54.2 Å². The molecule has 0 radical (unpaired) electrons. The highest BCUT2D eigenvalue weighted by molar-refractivity contribution is 5.95. The first-order chi connectivity index (χ1) is 14.7. The van der Waals surface area contributed by atoms with Crippen LogP contribution in [0, 0.1) is 0 Å². The second kappa shape index (κ2) is 6.60. The van der Waals surface area contributed by atoms with Crippen LogP contribution in [-0.2, 0) is 13.0 Å². The molecule has 0 saturated heterocycles. The Hall–Kier alpha value is -3.33. The molecule has 1 fully saturated rings. The molecule has 2 aliphatic rings. The van der Waals surface area contributed by atoms with E-state index in [1.807, 2.05) is 24.4 Å². The maximum Gasteiger partial charge on any atom is 0.223 e. The summed E-state index contributed by atoms with van der Waals surface area (Å²) in [6, 6.07) is 5.76. The fourth-order valence-electron chi connectivity index (χ4n) is 4.47. The highest BCUT2D eigenvalue weighted by Gasteiger charge is 2.36. The number of nitrogens with zero attached hydrogens (tertiary/aromatic N) is 6. The van der Waals surface area contributed by atoms with Crippen molar-refractivity contribution in [3.8, 4) is 5.75 Å². The first kappa shape index (κ1) is 17.5. The van der Waals surface area contributed by atoms with Gasteiger partial charge in [0.05, 0.1) is 7.11 Å². The van der Waals surface area contributed by atoms with E-state index in [0.717, 1.165) is 49.4 Å². The average molecular weight is 402 g/mol. The van der Waals surface area contributed by atoms with Gasteiger partial charge in [-0.25, -0.2) is 19.9 Å². The van der Waals surface area contributed by atoms with Gasteiger partial charge in [0.2, 0.25) is 5.95 Å². The van der Waals surface area contributed by atoms with E-state index in [0.29, 0.717) is 28.8 Å². The van der Waals surface area contributed by atoms with Crippen LogP contribution in [0.2, 0.25) is 0 Å². The summed E-state index contributed by atoms with van der Waals surface area (Å²) in [6.07, 6.45) is 4.84. The van der Waals surface area contributed by atoms with Gasteiger partial charge in [-0.2, -0.15) is 4.52 Å². The van der Waals surface area contributed by atoms with Gasteiger partial charge < -0.3 is 15.8 Å². The predicted molar refractivity (Wildman–Crippen MR) is 111 cm³/mol. The van der Waals surface area contributed by atoms with Crippen LogP contribution in [0.3, 0.4) is 0 Å². The number of nitrogens with two attached hydrogens (primary N) is 1. The van der Waals surface area contributed by atoms with Gasteiger partial charge in [-0.3, -0.25) is 0 Å². The fraction of sp³-hybridized carbons (Fsp3) is 0.381. The topological polar surface area (TPSA) is 116 Å². The van der Waals surface area contributed by atoms with Crippen molar-refractivity contribution in [3.05, 3.63) is 47.3 Å². The van der Waals surface area contributed by atoms with E-state index in [1.165, 1.54) is 11.3 Å². The van der Waals surface area contributed by atoms with Crippen molar-refractivity contribution in [3.63, 3.8) is 0 Å². The van der Waals surface area contributed by atoms with Crippen LogP contribution in [-0.4, -0.2) is 43.2 Å². The Morgan fingerprint density at radius 2 is 2.00 bits per heavy atom. The van der Waals surface area contributed by atoms with Gasteiger partial charge in [0.15, 0.2) is 11.5 Å². The van der Waals surface area contributed by atoms with Crippen molar-refractivity contribution in [2.75, 3.05) is 19.4 Å². The number of para-hydroxylation sites is 1. The summed E-state index contributed by atoms with van der Waals surface area (Å²) in [5, 5.41) is 8.91. The zero-order valence-electron chi connectivity index (χ0n) is 16.7. The lowest BCUT2D eigenvalue weighted by molar-refractivity contribution is 0.324. The molecule has 6 rings (SSSR count). The van der Waals surface area contributed by atoms with E-state index in [2.05, 4.69) is 20.4 Å². The maximum absolute atomic E-state index is 6.17. The lowest BCUT2D eigenvalue weighted by atomic mass is 9.74. The van der Waals surface area contributed by atoms with E-state index in [-0.39, 0.29) is 5.92 Å². The highest BCUT2D eigenvalue weighted by Crippen LogP contribution is 2.46.